The van der Waals surface area contributed by atoms with Gasteiger partial charge in [0.2, 0.25) is 0 Å². The first-order chi connectivity index (χ1) is 15.5. The number of methoxy groups -OCH3 is 1. The molecule has 3 aromatic rings. The van der Waals surface area contributed by atoms with E-state index in [0.29, 0.717) is 22.6 Å². The van der Waals surface area contributed by atoms with Gasteiger partial charge in [0, 0.05) is 10.2 Å². The maximum atomic E-state index is 12.2. The van der Waals surface area contributed by atoms with Crippen LogP contribution in [0.1, 0.15) is 15.9 Å². The number of hydrogen-bond donors (Lipinski definition) is 2. The Kier molecular flexibility index (Phi) is 7.71. The molecule has 3 aromatic carbocycles. The summed E-state index contributed by atoms with van der Waals surface area (Å²) in [6.07, 6.45) is 1.33. The Labute approximate surface area is 192 Å². The second-order valence-electron chi connectivity index (χ2n) is 6.33. The average molecular weight is 496 g/mol. The molecule has 0 saturated carbocycles. The third-order valence-electron chi connectivity index (χ3n) is 4.09. The number of hydrogen-bond acceptors (Lipinski definition) is 6. The van der Waals surface area contributed by atoms with E-state index in [0.717, 1.165) is 4.47 Å². The Balaban J connectivity index is 1.59. The van der Waals surface area contributed by atoms with Crippen molar-refractivity contribution < 1.29 is 23.9 Å². The van der Waals surface area contributed by atoms with E-state index >= 15 is 0 Å². The highest BCUT2D eigenvalue weighted by molar-refractivity contribution is 9.10. The molecule has 0 atom stereocenters. The number of halogens is 1. The summed E-state index contributed by atoms with van der Waals surface area (Å²) >= 11 is 3.29. The van der Waals surface area contributed by atoms with E-state index in [9.17, 15) is 14.4 Å². The van der Waals surface area contributed by atoms with Crippen LogP contribution in [0, 0.1) is 0 Å². The summed E-state index contributed by atoms with van der Waals surface area (Å²) < 4.78 is 11.5. The molecule has 0 aromatic heterocycles. The zero-order valence-corrected chi connectivity index (χ0v) is 18.5. The van der Waals surface area contributed by atoms with E-state index in [1.54, 1.807) is 72.8 Å². The van der Waals surface area contributed by atoms with Crippen molar-refractivity contribution in [3.05, 3.63) is 88.4 Å². The first-order valence-corrected chi connectivity index (χ1v) is 10.1. The van der Waals surface area contributed by atoms with Gasteiger partial charge in [-0.25, -0.2) is 10.2 Å². The zero-order chi connectivity index (χ0) is 22.9. The topological polar surface area (TPSA) is 106 Å². The van der Waals surface area contributed by atoms with E-state index in [4.69, 9.17) is 9.47 Å². The lowest BCUT2D eigenvalue weighted by molar-refractivity contribution is -0.136. The molecule has 8 nitrogen and oxygen atoms in total. The van der Waals surface area contributed by atoms with Gasteiger partial charge in [0.05, 0.1) is 18.9 Å². The number of carbonyl (C=O) groups is 3. The molecule has 0 aliphatic heterocycles. The zero-order valence-electron chi connectivity index (χ0n) is 16.9. The fourth-order valence-electron chi connectivity index (χ4n) is 2.52. The van der Waals surface area contributed by atoms with Gasteiger partial charge < -0.3 is 14.8 Å². The summed E-state index contributed by atoms with van der Waals surface area (Å²) in [6.45, 7) is 0. The van der Waals surface area contributed by atoms with Crippen LogP contribution in [0.15, 0.2) is 82.4 Å². The quantitative estimate of drug-likeness (QED) is 0.178. The molecule has 162 valence electrons. The summed E-state index contributed by atoms with van der Waals surface area (Å²) in [5, 5.41) is 6.24. The van der Waals surface area contributed by atoms with Crippen molar-refractivity contribution in [1.82, 2.24) is 5.43 Å². The molecule has 0 radical (unpaired) electrons. The van der Waals surface area contributed by atoms with Crippen molar-refractivity contribution in [1.29, 1.82) is 0 Å². The van der Waals surface area contributed by atoms with Crippen molar-refractivity contribution in [2.75, 3.05) is 12.4 Å². The van der Waals surface area contributed by atoms with Crippen LogP contribution in [-0.2, 0) is 9.59 Å². The Hall–Kier alpha value is -3.98. The standard InChI is InChI=1S/C23H18BrN3O5/c1-31-20-13-15(7-12-19(20)32-23(30)16-5-3-2-4-6-16)14-25-27-22(29)21(28)26-18-10-8-17(24)9-11-18/h2-14H,1H3,(H,26,28)(H,27,29)/b25-14-. The minimum absolute atomic E-state index is 0.233. The number of anilines is 1. The number of rotatable bonds is 6. The van der Waals surface area contributed by atoms with Crippen LogP contribution in [-0.4, -0.2) is 31.1 Å². The van der Waals surface area contributed by atoms with Crippen molar-refractivity contribution in [3.8, 4) is 11.5 Å². The van der Waals surface area contributed by atoms with Crippen molar-refractivity contribution in [2.24, 2.45) is 5.10 Å². The molecule has 0 saturated heterocycles. The Morgan fingerprint density at radius 3 is 2.31 bits per heavy atom. The first-order valence-electron chi connectivity index (χ1n) is 9.31. The van der Waals surface area contributed by atoms with Crippen LogP contribution in [0.2, 0.25) is 0 Å². The molecular formula is C23H18BrN3O5. The van der Waals surface area contributed by atoms with Gasteiger partial charge in [0.15, 0.2) is 11.5 Å². The second-order valence-corrected chi connectivity index (χ2v) is 7.24. The molecule has 0 unspecified atom stereocenters. The van der Waals surface area contributed by atoms with Gasteiger partial charge in [0.25, 0.3) is 0 Å². The summed E-state index contributed by atoms with van der Waals surface area (Å²) in [7, 11) is 1.43. The number of esters is 1. The highest BCUT2D eigenvalue weighted by Gasteiger charge is 2.14. The Morgan fingerprint density at radius 1 is 0.906 bits per heavy atom. The number of nitrogens with one attached hydrogen (secondary N) is 2. The van der Waals surface area contributed by atoms with Gasteiger partial charge in [0.1, 0.15) is 0 Å². The van der Waals surface area contributed by atoms with Crippen LogP contribution in [0.3, 0.4) is 0 Å². The summed E-state index contributed by atoms with van der Waals surface area (Å²) in [6, 6.07) is 20.1. The number of nitrogens with zero attached hydrogens (tertiary/aromatic N) is 1. The van der Waals surface area contributed by atoms with Gasteiger partial charge in [-0.05, 0) is 60.2 Å². The van der Waals surface area contributed by atoms with E-state index < -0.39 is 17.8 Å². The molecule has 0 spiro atoms. The van der Waals surface area contributed by atoms with Gasteiger partial charge in [-0.15, -0.1) is 0 Å². The Morgan fingerprint density at radius 2 is 1.62 bits per heavy atom. The summed E-state index contributed by atoms with van der Waals surface area (Å²) in [4.78, 5) is 36.1. The first kappa shape index (κ1) is 22.7. The number of amides is 2. The predicted molar refractivity (Wildman–Crippen MR) is 123 cm³/mol. The fourth-order valence-corrected chi connectivity index (χ4v) is 2.78. The fraction of sp³-hybridized carbons (Fsp3) is 0.0435. The number of carbonyl (C=O) groups excluding carboxylic acids is 3. The Bertz CT molecular complexity index is 1150. The molecule has 3 rings (SSSR count). The molecule has 2 amide bonds. The molecule has 9 heteroatoms. The van der Waals surface area contributed by atoms with Crippen LogP contribution >= 0.6 is 15.9 Å². The van der Waals surface area contributed by atoms with E-state index in [2.05, 4.69) is 31.8 Å². The lowest BCUT2D eigenvalue weighted by Gasteiger charge is -2.10. The summed E-state index contributed by atoms with van der Waals surface area (Å²) in [5.41, 5.74) is 3.58. The molecule has 0 heterocycles. The molecule has 0 aliphatic rings. The van der Waals surface area contributed by atoms with Crippen molar-refractivity contribution in [2.45, 2.75) is 0 Å². The minimum atomic E-state index is -0.926. The van der Waals surface area contributed by atoms with E-state index in [1.165, 1.54) is 13.3 Å². The molecule has 0 bridgehead atoms. The highest BCUT2D eigenvalue weighted by Crippen LogP contribution is 2.28. The maximum absolute atomic E-state index is 12.2. The van der Waals surface area contributed by atoms with E-state index in [-0.39, 0.29) is 5.75 Å². The lowest BCUT2D eigenvalue weighted by atomic mass is 10.2. The SMILES string of the molecule is COc1cc(/C=N\NC(=O)C(=O)Nc2ccc(Br)cc2)ccc1OC(=O)c1ccccc1. The number of ether oxygens (including phenoxy) is 2. The second kappa shape index (κ2) is 10.9. The van der Waals surface area contributed by atoms with Gasteiger partial charge in [-0.2, -0.15) is 5.10 Å². The predicted octanol–water partition coefficient (Wildman–Crippen LogP) is 3.77. The monoisotopic (exact) mass is 495 g/mol. The highest BCUT2D eigenvalue weighted by atomic mass is 79.9. The molecular weight excluding hydrogens is 478 g/mol. The molecule has 0 fully saturated rings. The third kappa shape index (κ3) is 6.26. The third-order valence-corrected chi connectivity index (χ3v) is 4.62. The number of hydrazone groups is 1. The number of benzene rings is 3. The average Bonchev–Trinajstić information content (AvgIpc) is 2.81. The van der Waals surface area contributed by atoms with Crippen LogP contribution in [0.5, 0.6) is 11.5 Å². The van der Waals surface area contributed by atoms with Gasteiger partial charge >= 0.3 is 17.8 Å². The normalized spacial score (nSPS) is 10.4. The molecule has 0 aliphatic carbocycles. The summed E-state index contributed by atoms with van der Waals surface area (Å²) in [5.74, 6) is -1.77. The maximum Gasteiger partial charge on any atom is 0.343 e. The van der Waals surface area contributed by atoms with Crippen LogP contribution in [0.4, 0.5) is 5.69 Å². The van der Waals surface area contributed by atoms with E-state index in [1.807, 2.05) is 0 Å². The smallest absolute Gasteiger partial charge is 0.343 e. The molecule has 32 heavy (non-hydrogen) atoms. The van der Waals surface area contributed by atoms with Gasteiger partial charge in [-0.3, -0.25) is 9.59 Å². The van der Waals surface area contributed by atoms with Crippen LogP contribution < -0.4 is 20.2 Å². The lowest BCUT2D eigenvalue weighted by Crippen LogP contribution is -2.32. The van der Waals surface area contributed by atoms with Crippen LogP contribution in [0.25, 0.3) is 0 Å². The largest absolute Gasteiger partial charge is 0.493 e. The molecule has 2 N–H and O–H groups in total. The van der Waals surface area contributed by atoms with Gasteiger partial charge in [-0.1, -0.05) is 34.1 Å². The van der Waals surface area contributed by atoms with Crippen molar-refractivity contribution in [3.63, 3.8) is 0 Å². The minimum Gasteiger partial charge on any atom is -0.493 e. The van der Waals surface area contributed by atoms with Crippen molar-refractivity contribution >= 4 is 45.6 Å².